The Balaban J connectivity index is 1.49. The van der Waals surface area contributed by atoms with Gasteiger partial charge in [-0.1, -0.05) is 0 Å². The molecule has 0 radical (unpaired) electrons. The lowest BCUT2D eigenvalue weighted by Gasteiger charge is -2.42. The monoisotopic (exact) mass is 387 g/mol. The first-order valence-electron chi connectivity index (χ1n) is 9.73. The number of urea groups is 1. The summed E-state index contributed by atoms with van der Waals surface area (Å²) in [4.78, 5) is 18.4. The minimum Gasteiger partial charge on any atom is -0.492 e. The topological polar surface area (TPSA) is 81.1 Å². The maximum absolute atomic E-state index is 12.5. The van der Waals surface area contributed by atoms with E-state index in [-0.39, 0.29) is 18.2 Å². The lowest BCUT2D eigenvalue weighted by molar-refractivity contribution is -0.103. The normalized spacial score (nSPS) is 21.6. The lowest BCUT2D eigenvalue weighted by atomic mass is 10.1. The third kappa shape index (κ3) is 5.58. The largest absolute Gasteiger partial charge is 0.492 e. The Morgan fingerprint density at radius 3 is 2.54 bits per heavy atom. The highest BCUT2D eigenvalue weighted by Gasteiger charge is 2.31. The van der Waals surface area contributed by atoms with Crippen LogP contribution in [0.25, 0.3) is 0 Å². The van der Waals surface area contributed by atoms with Crippen LogP contribution in [-0.4, -0.2) is 99.5 Å². The van der Waals surface area contributed by atoms with Gasteiger partial charge in [-0.3, -0.25) is 4.90 Å². The van der Waals surface area contributed by atoms with Crippen LogP contribution in [0.2, 0.25) is 0 Å². The number of nitrogens with zero attached hydrogens (tertiary/aromatic N) is 4. The molecule has 2 saturated heterocycles. The molecular weight excluding hydrogens is 358 g/mol. The molecule has 0 saturated carbocycles. The van der Waals surface area contributed by atoms with Crippen LogP contribution in [0.4, 0.5) is 4.79 Å². The molecule has 2 fully saturated rings. The Kier molecular flexibility index (Phi) is 7.09. The predicted octanol–water partition coefficient (Wildman–Crippen LogP) is 0.593. The van der Waals surface area contributed by atoms with E-state index in [2.05, 4.69) is 16.3 Å². The van der Waals surface area contributed by atoms with Crippen molar-refractivity contribution >= 4 is 6.03 Å². The molecule has 2 aliphatic heterocycles. The van der Waals surface area contributed by atoms with Gasteiger partial charge in [0.05, 0.1) is 30.4 Å². The van der Waals surface area contributed by atoms with E-state index < -0.39 is 0 Å². The van der Waals surface area contributed by atoms with Crippen LogP contribution in [0.1, 0.15) is 5.56 Å². The molecule has 28 heavy (non-hydrogen) atoms. The number of benzene rings is 1. The number of hydrogen-bond acceptors (Lipinski definition) is 6. The number of carbonyl (C=O) groups excluding carboxylic acids is 1. The van der Waals surface area contributed by atoms with Gasteiger partial charge in [0.25, 0.3) is 0 Å². The summed E-state index contributed by atoms with van der Waals surface area (Å²) >= 11 is 0. The minimum atomic E-state index is -0.0152. The molecule has 152 valence electrons. The van der Waals surface area contributed by atoms with Crippen molar-refractivity contribution in [3.63, 3.8) is 0 Å². The number of carbonyl (C=O) groups is 1. The van der Waals surface area contributed by atoms with Crippen LogP contribution in [0, 0.1) is 11.3 Å². The first kappa shape index (κ1) is 20.4. The van der Waals surface area contributed by atoms with E-state index >= 15 is 0 Å². The molecular formula is C20H29N5O3. The van der Waals surface area contributed by atoms with Crippen molar-refractivity contribution in [2.45, 2.75) is 12.2 Å². The molecule has 0 spiro atoms. The highest BCUT2D eigenvalue weighted by molar-refractivity contribution is 5.73. The van der Waals surface area contributed by atoms with Crippen molar-refractivity contribution in [3.8, 4) is 11.8 Å². The van der Waals surface area contributed by atoms with Crippen molar-refractivity contribution in [2.24, 2.45) is 0 Å². The number of rotatable bonds is 7. The van der Waals surface area contributed by atoms with Gasteiger partial charge in [-0.15, -0.1) is 0 Å². The summed E-state index contributed by atoms with van der Waals surface area (Å²) in [5.41, 5.74) is 0.599. The summed E-state index contributed by atoms with van der Waals surface area (Å²) in [7, 11) is 3.53. The van der Waals surface area contributed by atoms with Gasteiger partial charge in [-0.25, -0.2) is 4.79 Å². The van der Waals surface area contributed by atoms with Crippen LogP contribution in [0.3, 0.4) is 0 Å². The van der Waals surface area contributed by atoms with E-state index in [0.29, 0.717) is 31.0 Å². The summed E-state index contributed by atoms with van der Waals surface area (Å²) in [5.74, 6) is 0.699. The smallest absolute Gasteiger partial charge is 0.319 e. The van der Waals surface area contributed by atoms with Crippen LogP contribution < -0.4 is 10.1 Å². The molecule has 2 aliphatic rings. The van der Waals surface area contributed by atoms with Gasteiger partial charge in [-0.05, 0) is 24.3 Å². The second kappa shape index (κ2) is 9.73. The van der Waals surface area contributed by atoms with Gasteiger partial charge >= 0.3 is 6.03 Å². The number of hydrogen-bond donors (Lipinski definition) is 1. The Labute approximate surface area is 166 Å². The van der Waals surface area contributed by atoms with Gasteiger partial charge < -0.3 is 24.6 Å². The number of ether oxygens (including phenoxy) is 2. The predicted molar refractivity (Wildman–Crippen MR) is 105 cm³/mol. The van der Waals surface area contributed by atoms with Crippen LogP contribution in [-0.2, 0) is 4.74 Å². The maximum Gasteiger partial charge on any atom is 0.319 e. The highest BCUT2D eigenvalue weighted by atomic mass is 16.5. The Morgan fingerprint density at radius 1 is 1.25 bits per heavy atom. The molecule has 0 aromatic heterocycles. The Bertz CT molecular complexity index is 676. The standard InChI is InChI=1S/C20H29N5O3/c1-23(2)20(26)25(9-10-27-17-5-3-16(11-21)4-6-17)8-7-24-14-18-12-22-13-19(15-24)28-18/h3-6,18-19,22H,7-10,12-15H2,1-2H3. The fourth-order valence-electron chi connectivity index (χ4n) is 3.57. The minimum absolute atomic E-state index is 0.0152. The van der Waals surface area contributed by atoms with E-state index in [1.807, 2.05) is 4.90 Å². The summed E-state index contributed by atoms with van der Waals surface area (Å²) in [6.45, 7) is 5.98. The molecule has 2 unspecified atom stereocenters. The first-order chi connectivity index (χ1) is 13.5. The molecule has 0 aliphatic carbocycles. The number of fused-ring (bicyclic) bond motifs is 2. The fourth-order valence-corrected chi connectivity index (χ4v) is 3.57. The lowest BCUT2D eigenvalue weighted by Crippen LogP contribution is -2.59. The molecule has 2 bridgehead atoms. The van der Waals surface area contributed by atoms with E-state index in [0.717, 1.165) is 32.7 Å². The molecule has 1 aromatic rings. The van der Waals surface area contributed by atoms with Crippen LogP contribution in [0.15, 0.2) is 24.3 Å². The number of amides is 2. The third-order valence-electron chi connectivity index (χ3n) is 5.01. The van der Waals surface area contributed by atoms with Crippen LogP contribution in [0.5, 0.6) is 5.75 Å². The van der Waals surface area contributed by atoms with Gasteiger partial charge in [0.2, 0.25) is 0 Å². The quantitative estimate of drug-likeness (QED) is 0.738. The molecule has 2 amide bonds. The van der Waals surface area contributed by atoms with E-state index in [9.17, 15) is 4.79 Å². The van der Waals surface area contributed by atoms with Crippen molar-refractivity contribution in [1.29, 1.82) is 5.26 Å². The van der Waals surface area contributed by atoms with Crippen molar-refractivity contribution in [3.05, 3.63) is 29.8 Å². The van der Waals surface area contributed by atoms with Gasteiger partial charge in [0, 0.05) is 53.4 Å². The maximum atomic E-state index is 12.5. The van der Waals surface area contributed by atoms with E-state index in [1.165, 1.54) is 0 Å². The second-order valence-corrected chi connectivity index (χ2v) is 7.45. The molecule has 8 heteroatoms. The SMILES string of the molecule is CN(C)C(=O)N(CCOc1ccc(C#N)cc1)CCN1CC2CNCC(C1)O2. The number of nitrogens with one attached hydrogen (secondary N) is 1. The summed E-state index contributed by atoms with van der Waals surface area (Å²) in [5, 5.41) is 12.3. The summed E-state index contributed by atoms with van der Waals surface area (Å²) in [6, 6.07) is 9.07. The molecule has 2 atom stereocenters. The van der Waals surface area contributed by atoms with Crippen molar-refractivity contribution < 1.29 is 14.3 Å². The van der Waals surface area contributed by atoms with Gasteiger partial charge in [0.15, 0.2) is 0 Å². The average Bonchev–Trinajstić information content (AvgIpc) is 2.70. The van der Waals surface area contributed by atoms with Gasteiger partial charge in [-0.2, -0.15) is 5.26 Å². The Morgan fingerprint density at radius 2 is 1.93 bits per heavy atom. The number of nitriles is 1. The van der Waals surface area contributed by atoms with Crippen molar-refractivity contribution in [1.82, 2.24) is 20.0 Å². The molecule has 8 nitrogen and oxygen atoms in total. The van der Waals surface area contributed by atoms with E-state index in [1.54, 1.807) is 43.3 Å². The zero-order valence-corrected chi connectivity index (χ0v) is 16.6. The highest BCUT2D eigenvalue weighted by Crippen LogP contribution is 2.14. The zero-order valence-electron chi connectivity index (χ0n) is 16.6. The fraction of sp³-hybridized carbons (Fsp3) is 0.600. The Hall–Kier alpha value is -2.34. The van der Waals surface area contributed by atoms with E-state index in [4.69, 9.17) is 14.7 Å². The first-order valence-corrected chi connectivity index (χ1v) is 9.73. The molecule has 3 rings (SSSR count). The van der Waals surface area contributed by atoms with Crippen molar-refractivity contribution in [2.75, 3.05) is 66.5 Å². The number of morpholine rings is 2. The summed E-state index contributed by atoms with van der Waals surface area (Å²) in [6.07, 6.45) is 0.482. The summed E-state index contributed by atoms with van der Waals surface area (Å²) < 4.78 is 11.7. The third-order valence-corrected chi connectivity index (χ3v) is 5.01. The average molecular weight is 387 g/mol. The molecule has 1 aromatic carbocycles. The molecule has 1 N–H and O–H groups in total. The molecule has 2 heterocycles. The van der Waals surface area contributed by atoms with Gasteiger partial charge in [0.1, 0.15) is 12.4 Å². The van der Waals surface area contributed by atoms with Crippen LogP contribution >= 0.6 is 0 Å². The zero-order chi connectivity index (χ0) is 19.9. The second-order valence-electron chi connectivity index (χ2n) is 7.45.